The fraction of sp³-hybridized carbons (Fsp3) is 0.250. The monoisotopic (exact) mass is 337 g/mol. The molecule has 0 saturated heterocycles. The van der Waals surface area contributed by atoms with Gasteiger partial charge in [0.05, 0.1) is 27.5 Å². The van der Waals surface area contributed by atoms with E-state index in [0.717, 1.165) is 18.5 Å². The summed E-state index contributed by atoms with van der Waals surface area (Å²) >= 11 is 11.9. The highest BCUT2D eigenvalue weighted by Crippen LogP contribution is 2.26. The number of nitrogens with zero attached hydrogens (tertiary/aromatic N) is 1. The zero-order valence-corrected chi connectivity index (χ0v) is 13.7. The lowest BCUT2D eigenvalue weighted by Gasteiger charge is -2.09. The highest BCUT2D eigenvalue weighted by atomic mass is 35.5. The van der Waals surface area contributed by atoms with E-state index < -0.39 is 0 Å². The number of amides is 1. The van der Waals surface area contributed by atoms with Crippen LogP contribution in [0.3, 0.4) is 0 Å². The van der Waals surface area contributed by atoms with Crippen LogP contribution in [0.1, 0.15) is 30.1 Å². The van der Waals surface area contributed by atoms with Crippen molar-refractivity contribution in [2.45, 2.75) is 19.8 Å². The molecule has 0 bridgehead atoms. The third kappa shape index (κ3) is 4.61. The molecule has 1 aromatic heterocycles. The van der Waals surface area contributed by atoms with Gasteiger partial charge in [-0.15, -0.1) is 0 Å². The van der Waals surface area contributed by atoms with Crippen molar-refractivity contribution in [2.24, 2.45) is 0 Å². The first-order valence-corrected chi connectivity index (χ1v) is 7.81. The van der Waals surface area contributed by atoms with Crippen LogP contribution in [0.5, 0.6) is 0 Å². The second kappa shape index (κ2) is 8.01. The Balaban J connectivity index is 2.07. The molecular weight excluding hydrogens is 321 g/mol. The van der Waals surface area contributed by atoms with Gasteiger partial charge in [-0.1, -0.05) is 36.5 Å². The average molecular weight is 338 g/mol. The van der Waals surface area contributed by atoms with Crippen molar-refractivity contribution in [1.29, 1.82) is 0 Å². The SMILES string of the molecule is CCCCNC(=O)c1cncc(Nc2ccc(Cl)c(Cl)c2)c1. The summed E-state index contributed by atoms with van der Waals surface area (Å²) in [7, 11) is 0. The lowest BCUT2D eigenvalue weighted by Crippen LogP contribution is -2.24. The summed E-state index contributed by atoms with van der Waals surface area (Å²) in [6.07, 6.45) is 5.18. The molecule has 2 N–H and O–H groups in total. The number of benzene rings is 1. The zero-order chi connectivity index (χ0) is 15.9. The molecule has 0 radical (unpaired) electrons. The predicted octanol–water partition coefficient (Wildman–Crippen LogP) is 4.66. The third-order valence-corrected chi connectivity index (χ3v) is 3.76. The molecule has 0 spiro atoms. The van der Waals surface area contributed by atoms with Crippen LogP contribution in [0.15, 0.2) is 36.7 Å². The van der Waals surface area contributed by atoms with Gasteiger partial charge in [-0.2, -0.15) is 0 Å². The Labute approximate surface area is 139 Å². The number of pyridine rings is 1. The second-order valence-electron chi connectivity index (χ2n) is 4.83. The van der Waals surface area contributed by atoms with Crippen LogP contribution in [0, 0.1) is 0 Å². The molecule has 1 aromatic carbocycles. The Bertz CT molecular complexity index is 662. The fourth-order valence-electron chi connectivity index (χ4n) is 1.85. The molecule has 0 saturated carbocycles. The summed E-state index contributed by atoms with van der Waals surface area (Å²) in [5.41, 5.74) is 2.00. The zero-order valence-electron chi connectivity index (χ0n) is 12.2. The van der Waals surface area contributed by atoms with E-state index in [0.29, 0.717) is 27.8 Å². The number of hydrogen-bond acceptors (Lipinski definition) is 3. The summed E-state index contributed by atoms with van der Waals surface area (Å²) in [6, 6.07) is 6.98. The standard InChI is InChI=1S/C16H17Cl2N3O/c1-2-3-6-20-16(22)11-7-13(10-19-9-11)21-12-4-5-14(17)15(18)8-12/h4-5,7-10,21H,2-3,6H2,1H3,(H,20,22). The summed E-state index contributed by atoms with van der Waals surface area (Å²) in [4.78, 5) is 16.1. The van der Waals surface area contributed by atoms with Crippen LogP contribution in [0.25, 0.3) is 0 Å². The van der Waals surface area contributed by atoms with Crippen molar-refractivity contribution in [3.8, 4) is 0 Å². The van der Waals surface area contributed by atoms with Crippen LogP contribution in [0.4, 0.5) is 11.4 Å². The number of nitrogens with one attached hydrogen (secondary N) is 2. The van der Waals surface area contributed by atoms with E-state index in [-0.39, 0.29) is 5.91 Å². The lowest BCUT2D eigenvalue weighted by molar-refractivity contribution is 0.0953. The molecular formula is C16H17Cl2N3O. The molecule has 22 heavy (non-hydrogen) atoms. The molecule has 116 valence electrons. The number of carbonyl (C=O) groups is 1. The number of hydrogen-bond donors (Lipinski definition) is 2. The molecule has 1 amide bonds. The first-order chi connectivity index (χ1) is 10.6. The van der Waals surface area contributed by atoms with E-state index in [1.165, 1.54) is 0 Å². The second-order valence-corrected chi connectivity index (χ2v) is 5.64. The summed E-state index contributed by atoms with van der Waals surface area (Å²) in [6.45, 7) is 2.75. The van der Waals surface area contributed by atoms with Crippen LogP contribution >= 0.6 is 23.2 Å². The minimum atomic E-state index is -0.126. The molecule has 4 nitrogen and oxygen atoms in total. The summed E-state index contributed by atoms with van der Waals surface area (Å²) < 4.78 is 0. The van der Waals surface area contributed by atoms with Crippen molar-refractivity contribution in [3.63, 3.8) is 0 Å². The molecule has 0 aliphatic heterocycles. The van der Waals surface area contributed by atoms with E-state index in [1.807, 2.05) is 6.07 Å². The molecule has 2 rings (SSSR count). The van der Waals surface area contributed by atoms with Gasteiger partial charge in [0.25, 0.3) is 5.91 Å². The summed E-state index contributed by atoms with van der Waals surface area (Å²) in [5, 5.41) is 6.97. The van der Waals surface area contributed by atoms with Crippen LogP contribution in [0.2, 0.25) is 10.0 Å². The largest absolute Gasteiger partial charge is 0.354 e. The topological polar surface area (TPSA) is 54.0 Å². The van der Waals surface area contributed by atoms with Crippen LogP contribution in [-0.4, -0.2) is 17.4 Å². The number of rotatable bonds is 6. The number of carbonyl (C=O) groups excluding carboxylic acids is 1. The maximum absolute atomic E-state index is 12.0. The number of halogens is 2. The van der Waals surface area contributed by atoms with Gasteiger partial charge in [0.2, 0.25) is 0 Å². The number of anilines is 2. The van der Waals surface area contributed by atoms with Crippen molar-refractivity contribution >= 4 is 40.5 Å². The Morgan fingerprint density at radius 2 is 1.95 bits per heavy atom. The van der Waals surface area contributed by atoms with Gasteiger partial charge in [-0.3, -0.25) is 9.78 Å². The fourth-order valence-corrected chi connectivity index (χ4v) is 2.15. The molecule has 0 fully saturated rings. The van der Waals surface area contributed by atoms with E-state index in [9.17, 15) is 4.79 Å². The predicted molar refractivity (Wildman–Crippen MR) is 91.2 cm³/mol. The van der Waals surface area contributed by atoms with Gasteiger partial charge in [-0.25, -0.2) is 0 Å². The molecule has 0 unspecified atom stereocenters. The highest BCUT2D eigenvalue weighted by molar-refractivity contribution is 6.42. The van der Waals surface area contributed by atoms with Crippen LogP contribution in [-0.2, 0) is 0 Å². The Morgan fingerprint density at radius 3 is 2.68 bits per heavy atom. The lowest BCUT2D eigenvalue weighted by atomic mass is 10.2. The number of unbranched alkanes of at least 4 members (excludes halogenated alkanes) is 1. The quantitative estimate of drug-likeness (QED) is 0.753. The first-order valence-electron chi connectivity index (χ1n) is 7.05. The average Bonchev–Trinajstić information content (AvgIpc) is 2.51. The normalized spacial score (nSPS) is 10.3. The van der Waals surface area contributed by atoms with Crippen molar-refractivity contribution < 1.29 is 4.79 Å². The van der Waals surface area contributed by atoms with E-state index in [2.05, 4.69) is 22.5 Å². The Hall–Kier alpha value is -1.78. The van der Waals surface area contributed by atoms with Crippen molar-refractivity contribution in [2.75, 3.05) is 11.9 Å². The molecule has 0 atom stereocenters. The van der Waals surface area contributed by atoms with Gasteiger partial charge < -0.3 is 10.6 Å². The minimum absolute atomic E-state index is 0.126. The maximum atomic E-state index is 12.0. The number of aromatic nitrogens is 1. The van der Waals surface area contributed by atoms with Gasteiger partial charge in [0.1, 0.15) is 0 Å². The highest BCUT2D eigenvalue weighted by Gasteiger charge is 2.07. The smallest absolute Gasteiger partial charge is 0.252 e. The minimum Gasteiger partial charge on any atom is -0.354 e. The first kappa shape index (κ1) is 16.6. The molecule has 2 aromatic rings. The summed E-state index contributed by atoms with van der Waals surface area (Å²) in [5.74, 6) is -0.126. The molecule has 0 aliphatic rings. The van der Waals surface area contributed by atoms with Crippen molar-refractivity contribution in [1.82, 2.24) is 10.3 Å². The van der Waals surface area contributed by atoms with Gasteiger partial charge in [-0.05, 0) is 30.7 Å². The molecule has 1 heterocycles. The molecule has 6 heteroatoms. The van der Waals surface area contributed by atoms with E-state index in [4.69, 9.17) is 23.2 Å². The van der Waals surface area contributed by atoms with Gasteiger partial charge in [0.15, 0.2) is 0 Å². The van der Waals surface area contributed by atoms with Crippen LogP contribution < -0.4 is 10.6 Å². The maximum Gasteiger partial charge on any atom is 0.252 e. The van der Waals surface area contributed by atoms with Crippen molar-refractivity contribution in [3.05, 3.63) is 52.3 Å². The Kier molecular flexibility index (Phi) is 6.04. The van der Waals surface area contributed by atoms with E-state index in [1.54, 1.807) is 30.6 Å². The third-order valence-electron chi connectivity index (χ3n) is 3.02. The van der Waals surface area contributed by atoms with Gasteiger partial charge in [0, 0.05) is 18.4 Å². The Morgan fingerprint density at radius 1 is 1.14 bits per heavy atom. The van der Waals surface area contributed by atoms with Gasteiger partial charge >= 0.3 is 0 Å². The molecule has 0 aliphatic carbocycles. The van der Waals surface area contributed by atoms with E-state index >= 15 is 0 Å².